The first-order valence-electron chi connectivity index (χ1n) is 9.46. The lowest BCUT2D eigenvalue weighted by Crippen LogP contribution is -2.31. The number of nitriles is 1. The molecule has 1 aromatic heterocycles. The Morgan fingerprint density at radius 3 is 2.93 bits per heavy atom. The van der Waals surface area contributed by atoms with Crippen LogP contribution in [0, 0.1) is 31.0 Å². The molecule has 3 rings (SSSR count). The fourth-order valence-electron chi connectivity index (χ4n) is 3.60. The van der Waals surface area contributed by atoms with Gasteiger partial charge in [0.25, 0.3) is 5.91 Å². The van der Waals surface area contributed by atoms with Crippen LogP contribution in [0.25, 0.3) is 6.08 Å². The summed E-state index contributed by atoms with van der Waals surface area (Å²) in [5, 5.41) is 12.5. The molecule has 1 aliphatic heterocycles. The molecule has 2 heterocycles. The molecule has 146 valence electrons. The van der Waals surface area contributed by atoms with Gasteiger partial charge in [-0.3, -0.25) is 4.79 Å². The minimum Gasteiger partial charge on any atom is -0.349 e. The average Bonchev–Trinajstić information content (AvgIpc) is 2.94. The third-order valence-electron chi connectivity index (χ3n) is 5.04. The second-order valence-electron chi connectivity index (χ2n) is 6.99. The number of thioether (sulfide) groups is 1. The number of carbonyl (C=O) groups excluding carboxylic acids is 1. The Hall–Kier alpha value is -2.52. The van der Waals surface area contributed by atoms with Crippen molar-refractivity contribution >= 4 is 23.7 Å². The molecule has 1 atom stereocenters. The molecule has 6 heteroatoms. The number of carbonyl (C=O) groups is 1. The molecule has 1 amide bonds. The van der Waals surface area contributed by atoms with E-state index in [1.165, 1.54) is 12.1 Å². The Bertz CT molecular complexity index is 971. The molecule has 1 unspecified atom stereocenters. The summed E-state index contributed by atoms with van der Waals surface area (Å²) in [5.41, 5.74) is 3.87. The van der Waals surface area contributed by atoms with Crippen molar-refractivity contribution in [3.05, 3.63) is 58.2 Å². The van der Waals surface area contributed by atoms with E-state index in [4.69, 9.17) is 0 Å². The van der Waals surface area contributed by atoms with Gasteiger partial charge < -0.3 is 9.88 Å². The van der Waals surface area contributed by atoms with Gasteiger partial charge in [-0.25, -0.2) is 4.39 Å². The van der Waals surface area contributed by atoms with Crippen LogP contribution in [0.1, 0.15) is 48.3 Å². The summed E-state index contributed by atoms with van der Waals surface area (Å²) < 4.78 is 15.9. The van der Waals surface area contributed by atoms with Gasteiger partial charge in [0.15, 0.2) is 0 Å². The summed E-state index contributed by atoms with van der Waals surface area (Å²) in [5.74, 6) is 0.0997. The molecule has 1 aromatic carbocycles. The SMILES string of the molecule is CCCn1c(C)cc(/C=C(\C#N)C(=O)NC2CCSc3ccc(F)cc32)c1C. The largest absolute Gasteiger partial charge is 0.349 e. The fourth-order valence-corrected chi connectivity index (χ4v) is 4.70. The van der Waals surface area contributed by atoms with E-state index >= 15 is 0 Å². The zero-order valence-corrected chi connectivity index (χ0v) is 17.2. The molecule has 0 aliphatic carbocycles. The van der Waals surface area contributed by atoms with E-state index in [9.17, 15) is 14.4 Å². The number of hydrogen-bond donors (Lipinski definition) is 1. The van der Waals surface area contributed by atoms with Crippen molar-refractivity contribution in [2.75, 3.05) is 5.75 Å². The maximum Gasteiger partial charge on any atom is 0.262 e. The zero-order valence-electron chi connectivity index (χ0n) is 16.4. The van der Waals surface area contributed by atoms with E-state index < -0.39 is 5.91 Å². The Morgan fingerprint density at radius 2 is 2.21 bits per heavy atom. The number of rotatable bonds is 5. The van der Waals surface area contributed by atoms with Gasteiger partial charge in [-0.1, -0.05) is 6.92 Å². The first kappa shape index (κ1) is 20.2. The number of amides is 1. The number of nitrogens with zero attached hydrogens (tertiary/aromatic N) is 2. The summed E-state index contributed by atoms with van der Waals surface area (Å²) in [6, 6.07) is 8.39. The van der Waals surface area contributed by atoms with Crippen LogP contribution in [-0.4, -0.2) is 16.2 Å². The number of hydrogen-bond acceptors (Lipinski definition) is 3. The first-order chi connectivity index (χ1) is 13.4. The lowest BCUT2D eigenvalue weighted by molar-refractivity contribution is -0.117. The highest BCUT2D eigenvalue weighted by Gasteiger charge is 2.24. The first-order valence-corrected chi connectivity index (χ1v) is 10.4. The van der Waals surface area contributed by atoms with Gasteiger partial charge in [0.1, 0.15) is 17.5 Å². The summed E-state index contributed by atoms with van der Waals surface area (Å²) in [4.78, 5) is 13.7. The lowest BCUT2D eigenvalue weighted by Gasteiger charge is -2.25. The molecule has 1 N–H and O–H groups in total. The molecular formula is C22H24FN3OS. The van der Waals surface area contributed by atoms with Crippen LogP contribution in [0.2, 0.25) is 0 Å². The van der Waals surface area contributed by atoms with Gasteiger partial charge in [-0.2, -0.15) is 5.26 Å². The van der Waals surface area contributed by atoms with Crippen LogP contribution in [-0.2, 0) is 11.3 Å². The molecule has 0 saturated heterocycles. The van der Waals surface area contributed by atoms with E-state index in [-0.39, 0.29) is 17.4 Å². The summed E-state index contributed by atoms with van der Waals surface area (Å²) >= 11 is 1.66. The highest BCUT2D eigenvalue weighted by Crippen LogP contribution is 2.36. The quantitative estimate of drug-likeness (QED) is 0.576. The zero-order chi connectivity index (χ0) is 20.3. The van der Waals surface area contributed by atoms with Gasteiger partial charge in [0, 0.05) is 28.6 Å². The molecule has 0 bridgehead atoms. The average molecular weight is 398 g/mol. The predicted octanol–water partition coefficient (Wildman–Crippen LogP) is 4.91. The standard InChI is InChI=1S/C22H24FN3OS/c1-4-8-26-14(2)10-16(15(26)3)11-17(13-24)22(27)25-20-7-9-28-21-6-5-18(23)12-19(20)21/h5-6,10-12,20H,4,7-9H2,1-3H3,(H,25,27)/b17-11+. The number of benzene rings is 1. The minimum absolute atomic E-state index is 0.0629. The van der Waals surface area contributed by atoms with Crippen molar-refractivity contribution in [2.45, 2.75) is 51.1 Å². The molecule has 1 aliphatic rings. The summed E-state index contributed by atoms with van der Waals surface area (Å²) in [6.45, 7) is 7.05. The minimum atomic E-state index is -0.421. The molecule has 4 nitrogen and oxygen atoms in total. The van der Waals surface area contributed by atoms with Crippen LogP contribution in [0.5, 0.6) is 0 Å². The second kappa shape index (κ2) is 8.66. The van der Waals surface area contributed by atoms with Crippen molar-refractivity contribution in [2.24, 2.45) is 0 Å². The predicted molar refractivity (Wildman–Crippen MR) is 110 cm³/mol. The summed E-state index contributed by atoms with van der Waals surface area (Å²) in [6.07, 6.45) is 3.37. The monoisotopic (exact) mass is 397 g/mol. The highest BCUT2D eigenvalue weighted by atomic mass is 32.2. The maximum atomic E-state index is 13.7. The van der Waals surface area contributed by atoms with Crippen molar-refractivity contribution < 1.29 is 9.18 Å². The van der Waals surface area contributed by atoms with Crippen molar-refractivity contribution in [3.63, 3.8) is 0 Å². The van der Waals surface area contributed by atoms with Gasteiger partial charge in [-0.05, 0) is 68.2 Å². The smallest absolute Gasteiger partial charge is 0.262 e. The topological polar surface area (TPSA) is 57.8 Å². The molecule has 0 saturated carbocycles. The van der Waals surface area contributed by atoms with Crippen LogP contribution >= 0.6 is 11.8 Å². The number of aryl methyl sites for hydroxylation is 1. The second-order valence-corrected chi connectivity index (χ2v) is 8.13. The normalized spacial score (nSPS) is 16.4. The lowest BCUT2D eigenvalue weighted by atomic mass is 10.0. The van der Waals surface area contributed by atoms with Crippen molar-refractivity contribution in [1.29, 1.82) is 5.26 Å². The molecular weight excluding hydrogens is 373 g/mol. The number of aromatic nitrogens is 1. The van der Waals surface area contributed by atoms with E-state index in [1.54, 1.807) is 23.9 Å². The number of fused-ring (bicyclic) bond motifs is 1. The maximum absolute atomic E-state index is 13.7. The third kappa shape index (κ3) is 4.15. The van der Waals surface area contributed by atoms with Gasteiger partial charge in [-0.15, -0.1) is 11.8 Å². The Morgan fingerprint density at radius 1 is 1.43 bits per heavy atom. The van der Waals surface area contributed by atoms with E-state index in [2.05, 4.69) is 16.8 Å². The van der Waals surface area contributed by atoms with Crippen LogP contribution < -0.4 is 5.32 Å². The van der Waals surface area contributed by atoms with Crippen molar-refractivity contribution in [3.8, 4) is 6.07 Å². The van der Waals surface area contributed by atoms with Gasteiger partial charge >= 0.3 is 0 Å². The third-order valence-corrected chi connectivity index (χ3v) is 6.16. The molecule has 0 radical (unpaired) electrons. The molecule has 0 spiro atoms. The molecule has 0 fully saturated rings. The van der Waals surface area contributed by atoms with Gasteiger partial charge in [0.2, 0.25) is 0 Å². The van der Waals surface area contributed by atoms with Crippen LogP contribution in [0.3, 0.4) is 0 Å². The number of nitrogens with one attached hydrogen (secondary N) is 1. The Balaban J connectivity index is 1.84. The van der Waals surface area contributed by atoms with E-state index in [1.807, 2.05) is 26.0 Å². The fraction of sp³-hybridized carbons (Fsp3) is 0.364. The van der Waals surface area contributed by atoms with Crippen molar-refractivity contribution in [1.82, 2.24) is 9.88 Å². The van der Waals surface area contributed by atoms with Gasteiger partial charge in [0.05, 0.1) is 6.04 Å². The van der Waals surface area contributed by atoms with Crippen LogP contribution in [0.15, 0.2) is 34.7 Å². The summed E-state index contributed by atoms with van der Waals surface area (Å²) in [7, 11) is 0. The van der Waals surface area contributed by atoms with Crippen LogP contribution in [0.4, 0.5) is 4.39 Å². The van der Waals surface area contributed by atoms with E-state index in [0.29, 0.717) is 6.42 Å². The molecule has 28 heavy (non-hydrogen) atoms. The Labute approximate surface area is 169 Å². The molecule has 2 aromatic rings. The Kier molecular flexibility index (Phi) is 6.25. The van der Waals surface area contributed by atoms with E-state index in [0.717, 1.165) is 46.1 Å². The highest BCUT2D eigenvalue weighted by molar-refractivity contribution is 7.99. The number of halogens is 1.